The standard InChI is InChI=1S/C18H24N2O2/c1-13-11-18(20-9-4-3-5-14(20)8-10-21)16-12-15(22-2)6-7-17(16)19-13/h6-7,11-12,14,21H,3-5,8-10H2,1-2H3. The molecule has 1 aliphatic heterocycles. The number of aliphatic hydroxyl groups is 1. The van der Waals surface area contributed by atoms with E-state index in [2.05, 4.69) is 22.0 Å². The molecule has 3 rings (SSSR count). The first-order chi connectivity index (χ1) is 10.7. The van der Waals surface area contributed by atoms with Gasteiger partial charge in [0, 0.05) is 36.0 Å². The van der Waals surface area contributed by atoms with Crippen molar-refractivity contribution in [2.75, 3.05) is 25.2 Å². The number of aromatic nitrogens is 1. The number of rotatable bonds is 4. The molecular weight excluding hydrogens is 276 g/mol. The zero-order valence-electron chi connectivity index (χ0n) is 13.4. The van der Waals surface area contributed by atoms with Gasteiger partial charge in [0.2, 0.25) is 0 Å². The Labute approximate surface area is 131 Å². The average molecular weight is 300 g/mol. The number of pyridine rings is 1. The van der Waals surface area contributed by atoms with E-state index >= 15 is 0 Å². The van der Waals surface area contributed by atoms with Gasteiger partial charge in [0.05, 0.1) is 12.6 Å². The van der Waals surface area contributed by atoms with Crippen molar-refractivity contribution in [2.45, 2.75) is 38.6 Å². The molecule has 0 spiro atoms. The van der Waals surface area contributed by atoms with Crippen molar-refractivity contribution < 1.29 is 9.84 Å². The topological polar surface area (TPSA) is 45.6 Å². The lowest BCUT2D eigenvalue weighted by atomic mass is 9.97. The van der Waals surface area contributed by atoms with Crippen molar-refractivity contribution in [3.63, 3.8) is 0 Å². The minimum absolute atomic E-state index is 0.243. The van der Waals surface area contributed by atoms with E-state index in [9.17, 15) is 5.11 Å². The number of benzene rings is 1. The van der Waals surface area contributed by atoms with Crippen LogP contribution in [0, 0.1) is 6.92 Å². The van der Waals surface area contributed by atoms with E-state index in [0.29, 0.717) is 6.04 Å². The van der Waals surface area contributed by atoms with Gasteiger partial charge in [0.1, 0.15) is 5.75 Å². The van der Waals surface area contributed by atoms with Gasteiger partial charge in [-0.2, -0.15) is 0 Å². The number of fused-ring (bicyclic) bond motifs is 1. The molecular formula is C18H24N2O2. The summed E-state index contributed by atoms with van der Waals surface area (Å²) in [6.45, 7) is 3.32. The molecule has 1 N–H and O–H groups in total. The molecule has 2 aromatic rings. The number of ether oxygens (including phenoxy) is 1. The van der Waals surface area contributed by atoms with Crippen LogP contribution in [0.2, 0.25) is 0 Å². The highest BCUT2D eigenvalue weighted by Crippen LogP contribution is 2.34. The lowest BCUT2D eigenvalue weighted by molar-refractivity contribution is 0.262. The Kier molecular flexibility index (Phi) is 4.48. The second-order valence-electron chi connectivity index (χ2n) is 6.02. The van der Waals surface area contributed by atoms with Crippen LogP contribution in [-0.4, -0.2) is 36.4 Å². The molecule has 0 bridgehead atoms. The van der Waals surface area contributed by atoms with E-state index in [0.717, 1.165) is 41.7 Å². The van der Waals surface area contributed by atoms with Crippen molar-refractivity contribution in [3.05, 3.63) is 30.0 Å². The molecule has 1 fully saturated rings. The van der Waals surface area contributed by atoms with E-state index < -0.39 is 0 Å². The van der Waals surface area contributed by atoms with Gasteiger partial charge in [-0.1, -0.05) is 0 Å². The highest BCUT2D eigenvalue weighted by atomic mass is 16.5. The molecule has 0 amide bonds. The van der Waals surface area contributed by atoms with Crippen molar-refractivity contribution in [3.8, 4) is 5.75 Å². The Morgan fingerprint density at radius 1 is 1.32 bits per heavy atom. The molecule has 0 aliphatic carbocycles. The van der Waals surface area contributed by atoms with E-state index in [1.807, 2.05) is 19.1 Å². The van der Waals surface area contributed by atoms with Crippen molar-refractivity contribution in [1.82, 2.24) is 4.98 Å². The largest absolute Gasteiger partial charge is 0.497 e. The summed E-state index contributed by atoms with van der Waals surface area (Å²) in [4.78, 5) is 7.10. The van der Waals surface area contributed by atoms with Crippen LogP contribution < -0.4 is 9.64 Å². The summed E-state index contributed by atoms with van der Waals surface area (Å²) in [5.41, 5.74) is 3.25. The SMILES string of the molecule is COc1ccc2nc(C)cc(N3CCCCC3CCO)c2c1. The maximum atomic E-state index is 9.37. The number of methoxy groups -OCH3 is 1. The summed E-state index contributed by atoms with van der Waals surface area (Å²) in [7, 11) is 1.69. The molecule has 4 heteroatoms. The van der Waals surface area contributed by atoms with Crippen LogP contribution in [0.15, 0.2) is 24.3 Å². The van der Waals surface area contributed by atoms with Gasteiger partial charge < -0.3 is 14.7 Å². The lowest BCUT2D eigenvalue weighted by Crippen LogP contribution is -2.40. The van der Waals surface area contributed by atoms with Gasteiger partial charge in [-0.15, -0.1) is 0 Å². The van der Waals surface area contributed by atoms with Gasteiger partial charge in [-0.05, 0) is 56.9 Å². The third-order valence-electron chi connectivity index (χ3n) is 4.52. The second-order valence-corrected chi connectivity index (χ2v) is 6.02. The summed E-state index contributed by atoms with van der Waals surface area (Å²) in [6, 6.07) is 8.63. The first-order valence-corrected chi connectivity index (χ1v) is 8.06. The number of aryl methyl sites for hydroxylation is 1. The molecule has 1 atom stereocenters. The maximum absolute atomic E-state index is 9.37. The van der Waals surface area contributed by atoms with Gasteiger partial charge in [-0.3, -0.25) is 4.98 Å². The fourth-order valence-corrected chi connectivity index (χ4v) is 3.45. The highest BCUT2D eigenvalue weighted by Gasteiger charge is 2.24. The number of hydrogen-bond donors (Lipinski definition) is 1. The third kappa shape index (κ3) is 2.88. The quantitative estimate of drug-likeness (QED) is 0.941. The first-order valence-electron chi connectivity index (χ1n) is 8.06. The van der Waals surface area contributed by atoms with E-state index in [4.69, 9.17) is 4.74 Å². The summed E-state index contributed by atoms with van der Waals surface area (Å²) >= 11 is 0. The second kappa shape index (κ2) is 6.53. The smallest absolute Gasteiger partial charge is 0.119 e. The zero-order valence-corrected chi connectivity index (χ0v) is 13.4. The van der Waals surface area contributed by atoms with Gasteiger partial charge in [-0.25, -0.2) is 0 Å². The van der Waals surface area contributed by atoms with Gasteiger partial charge in [0.25, 0.3) is 0 Å². The summed E-state index contributed by atoms with van der Waals surface area (Å²) in [6.07, 6.45) is 4.42. The van der Waals surface area contributed by atoms with Crippen LogP contribution in [0.1, 0.15) is 31.4 Å². The fraction of sp³-hybridized carbons (Fsp3) is 0.500. The third-order valence-corrected chi connectivity index (χ3v) is 4.52. The Hall–Kier alpha value is -1.81. The van der Waals surface area contributed by atoms with Crippen LogP contribution in [0.4, 0.5) is 5.69 Å². The monoisotopic (exact) mass is 300 g/mol. The zero-order chi connectivity index (χ0) is 15.5. The maximum Gasteiger partial charge on any atom is 0.119 e. The van der Waals surface area contributed by atoms with Gasteiger partial charge >= 0.3 is 0 Å². The molecule has 0 radical (unpaired) electrons. The van der Waals surface area contributed by atoms with Crippen molar-refractivity contribution in [2.24, 2.45) is 0 Å². The minimum atomic E-state index is 0.243. The van der Waals surface area contributed by atoms with Crippen molar-refractivity contribution in [1.29, 1.82) is 0 Å². The summed E-state index contributed by atoms with van der Waals surface area (Å²) in [5.74, 6) is 0.857. The first kappa shape index (κ1) is 15.1. The number of hydrogen-bond acceptors (Lipinski definition) is 4. The van der Waals surface area contributed by atoms with Crippen LogP contribution >= 0.6 is 0 Å². The summed E-state index contributed by atoms with van der Waals surface area (Å²) in [5, 5.41) is 10.5. The van der Waals surface area contributed by atoms with Crippen LogP contribution in [0.5, 0.6) is 5.75 Å². The molecule has 1 aromatic heterocycles. The minimum Gasteiger partial charge on any atom is -0.497 e. The molecule has 4 nitrogen and oxygen atoms in total. The Bertz CT molecular complexity index is 655. The van der Waals surface area contributed by atoms with Crippen molar-refractivity contribution >= 4 is 16.6 Å². The average Bonchev–Trinajstić information content (AvgIpc) is 2.54. The molecule has 1 aliphatic rings. The van der Waals surface area contributed by atoms with Crippen LogP contribution in [-0.2, 0) is 0 Å². The highest BCUT2D eigenvalue weighted by molar-refractivity contribution is 5.93. The van der Waals surface area contributed by atoms with Gasteiger partial charge in [0.15, 0.2) is 0 Å². The Balaban J connectivity index is 2.10. The molecule has 22 heavy (non-hydrogen) atoms. The molecule has 2 heterocycles. The molecule has 1 unspecified atom stereocenters. The number of piperidine rings is 1. The summed E-state index contributed by atoms with van der Waals surface area (Å²) < 4.78 is 5.38. The van der Waals surface area contributed by atoms with E-state index in [1.54, 1.807) is 7.11 Å². The molecule has 1 aromatic carbocycles. The molecule has 118 valence electrons. The predicted octanol–water partition coefficient (Wildman–Crippen LogP) is 3.29. The normalized spacial score (nSPS) is 18.7. The molecule has 1 saturated heterocycles. The van der Waals surface area contributed by atoms with Crippen LogP contribution in [0.3, 0.4) is 0 Å². The Morgan fingerprint density at radius 2 is 2.18 bits per heavy atom. The van der Waals surface area contributed by atoms with E-state index in [-0.39, 0.29) is 6.61 Å². The Morgan fingerprint density at radius 3 is 2.95 bits per heavy atom. The van der Waals surface area contributed by atoms with Crippen LogP contribution in [0.25, 0.3) is 10.9 Å². The fourth-order valence-electron chi connectivity index (χ4n) is 3.45. The predicted molar refractivity (Wildman–Crippen MR) is 89.7 cm³/mol. The number of anilines is 1. The molecule has 0 saturated carbocycles. The lowest BCUT2D eigenvalue weighted by Gasteiger charge is -2.38. The number of aliphatic hydroxyl groups excluding tert-OH is 1. The number of nitrogens with zero attached hydrogens (tertiary/aromatic N) is 2. The van der Waals surface area contributed by atoms with E-state index in [1.165, 1.54) is 18.5 Å².